The number of carbonyl (C=O) groups excluding carboxylic acids is 1. The summed E-state index contributed by atoms with van der Waals surface area (Å²) in [6.07, 6.45) is 0. The van der Waals surface area contributed by atoms with Gasteiger partial charge in [0, 0.05) is 16.3 Å². The Bertz CT molecular complexity index is 1230. The Hall–Kier alpha value is -2.87. The molecule has 1 heterocycles. The molecule has 0 atom stereocenters. The summed E-state index contributed by atoms with van der Waals surface area (Å²) < 4.78 is 15.0. The minimum atomic E-state index is -0.288. The Balaban J connectivity index is 1.61. The summed E-state index contributed by atoms with van der Waals surface area (Å²) >= 11 is 14.1. The molecule has 0 saturated carbocycles. The van der Waals surface area contributed by atoms with Crippen molar-refractivity contribution in [3.63, 3.8) is 0 Å². The van der Waals surface area contributed by atoms with Crippen molar-refractivity contribution in [3.8, 4) is 5.69 Å². The van der Waals surface area contributed by atoms with Gasteiger partial charge in [-0.25, -0.2) is 4.39 Å². The summed E-state index contributed by atoms with van der Waals surface area (Å²) in [5, 5.41) is 13.0. The van der Waals surface area contributed by atoms with E-state index < -0.39 is 0 Å². The van der Waals surface area contributed by atoms with Crippen LogP contribution < -0.4 is 5.32 Å². The van der Waals surface area contributed by atoms with E-state index in [2.05, 4.69) is 15.5 Å². The first-order valence-corrected chi connectivity index (χ1v) is 11.4. The van der Waals surface area contributed by atoms with E-state index in [1.54, 1.807) is 59.2 Å². The summed E-state index contributed by atoms with van der Waals surface area (Å²) in [4.78, 5) is 12.5. The molecule has 4 aromatic rings. The zero-order valence-corrected chi connectivity index (χ0v) is 19.0. The van der Waals surface area contributed by atoms with Crippen molar-refractivity contribution in [3.05, 3.63) is 106 Å². The van der Waals surface area contributed by atoms with Gasteiger partial charge in [0.05, 0.1) is 17.3 Å². The second-order valence-corrected chi connectivity index (χ2v) is 8.58. The predicted octanol–water partition coefficient (Wildman–Crippen LogP) is 5.94. The lowest BCUT2D eigenvalue weighted by molar-refractivity contribution is 0.0949. The Morgan fingerprint density at radius 1 is 1.00 bits per heavy atom. The first kappa shape index (κ1) is 22.3. The molecule has 1 amide bonds. The van der Waals surface area contributed by atoms with Crippen molar-refractivity contribution in [2.24, 2.45) is 0 Å². The number of amides is 1. The third-order valence-electron chi connectivity index (χ3n) is 4.57. The molecule has 0 saturated heterocycles. The number of halogens is 3. The number of hydrogen-bond donors (Lipinski definition) is 1. The van der Waals surface area contributed by atoms with Gasteiger partial charge in [0.2, 0.25) is 0 Å². The van der Waals surface area contributed by atoms with E-state index in [1.807, 2.05) is 6.07 Å². The summed E-state index contributed by atoms with van der Waals surface area (Å²) in [5.41, 5.74) is 2.09. The standard InChI is InChI=1S/C23H17Cl2FN4OS/c24-17-8-11-19(25)20(12-17)30-21(13-27-22(31)16-4-2-1-3-5-16)28-29-23(30)32-14-15-6-9-18(26)10-7-15/h1-12H,13-14H2,(H,27,31). The van der Waals surface area contributed by atoms with Gasteiger partial charge in [-0.15, -0.1) is 10.2 Å². The molecule has 3 aromatic carbocycles. The van der Waals surface area contributed by atoms with E-state index in [-0.39, 0.29) is 18.3 Å². The van der Waals surface area contributed by atoms with Gasteiger partial charge in [-0.3, -0.25) is 9.36 Å². The topological polar surface area (TPSA) is 59.8 Å². The summed E-state index contributed by atoms with van der Waals surface area (Å²) in [6.45, 7) is 0.140. The van der Waals surface area contributed by atoms with Gasteiger partial charge in [-0.1, -0.05) is 65.3 Å². The fourth-order valence-electron chi connectivity index (χ4n) is 2.99. The van der Waals surface area contributed by atoms with Gasteiger partial charge in [0.15, 0.2) is 11.0 Å². The molecule has 1 N–H and O–H groups in total. The van der Waals surface area contributed by atoms with Gasteiger partial charge in [-0.2, -0.15) is 0 Å². The second kappa shape index (κ2) is 10.2. The lowest BCUT2D eigenvalue weighted by Gasteiger charge is -2.13. The number of rotatable bonds is 7. The molecule has 0 unspecified atom stereocenters. The summed E-state index contributed by atoms with van der Waals surface area (Å²) in [6, 6.07) is 20.3. The van der Waals surface area contributed by atoms with E-state index in [0.717, 1.165) is 5.56 Å². The highest BCUT2D eigenvalue weighted by atomic mass is 35.5. The molecule has 0 radical (unpaired) electrons. The molecule has 1 aromatic heterocycles. The van der Waals surface area contributed by atoms with Crippen molar-refractivity contribution >= 4 is 40.9 Å². The van der Waals surface area contributed by atoms with Crippen LogP contribution in [0.15, 0.2) is 78.0 Å². The minimum absolute atomic E-state index is 0.140. The predicted molar refractivity (Wildman–Crippen MR) is 125 cm³/mol. The summed E-state index contributed by atoms with van der Waals surface area (Å²) in [7, 11) is 0. The molecule has 0 bridgehead atoms. The van der Waals surface area contributed by atoms with Crippen LogP contribution in [0.25, 0.3) is 5.69 Å². The normalized spacial score (nSPS) is 10.8. The zero-order valence-electron chi connectivity index (χ0n) is 16.6. The van der Waals surface area contributed by atoms with Crippen LogP contribution in [0.2, 0.25) is 10.0 Å². The first-order valence-electron chi connectivity index (χ1n) is 9.61. The second-order valence-electron chi connectivity index (χ2n) is 6.79. The van der Waals surface area contributed by atoms with Crippen molar-refractivity contribution < 1.29 is 9.18 Å². The Morgan fingerprint density at radius 2 is 1.75 bits per heavy atom. The molecular formula is C23H17Cl2FN4OS. The van der Waals surface area contributed by atoms with Gasteiger partial charge >= 0.3 is 0 Å². The minimum Gasteiger partial charge on any atom is -0.345 e. The molecule has 9 heteroatoms. The Morgan fingerprint density at radius 3 is 2.50 bits per heavy atom. The lowest BCUT2D eigenvalue weighted by atomic mass is 10.2. The third kappa shape index (κ3) is 5.30. The average molecular weight is 487 g/mol. The van der Waals surface area contributed by atoms with Crippen molar-refractivity contribution in [1.29, 1.82) is 0 Å². The number of nitrogens with one attached hydrogen (secondary N) is 1. The van der Waals surface area contributed by atoms with E-state index in [1.165, 1.54) is 23.9 Å². The smallest absolute Gasteiger partial charge is 0.251 e. The number of aromatic nitrogens is 3. The van der Waals surface area contributed by atoms with Crippen molar-refractivity contribution in [2.45, 2.75) is 17.5 Å². The molecule has 4 rings (SSSR count). The number of carbonyl (C=O) groups is 1. The molecule has 32 heavy (non-hydrogen) atoms. The molecule has 0 spiro atoms. The molecule has 5 nitrogen and oxygen atoms in total. The van der Waals surface area contributed by atoms with E-state index in [4.69, 9.17) is 23.2 Å². The van der Waals surface area contributed by atoms with Gasteiger partial charge in [0.25, 0.3) is 5.91 Å². The van der Waals surface area contributed by atoms with Crippen molar-refractivity contribution in [1.82, 2.24) is 20.1 Å². The van der Waals surface area contributed by atoms with Crippen LogP contribution in [0.5, 0.6) is 0 Å². The highest BCUT2D eigenvalue weighted by Crippen LogP contribution is 2.31. The monoisotopic (exact) mass is 486 g/mol. The molecule has 0 fully saturated rings. The van der Waals surface area contributed by atoms with Crippen LogP contribution in [0.4, 0.5) is 4.39 Å². The molecule has 162 valence electrons. The Kier molecular flexibility index (Phi) is 7.09. The van der Waals surface area contributed by atoms with Crippen LogP contribution in [0.1, 0.15) is 21.7 Å². The van der Waals surface area contributed by atoms with E-state index in [0.29, 0.717) is 38.0 Å². The third-order valence-corrected chi connectivity index (χ3v) is 6.13. The van der Waals surface area contributed by atoms with Crippen LogP contribution in [0, 0.1) is 5.82 Å². The van der Waals surface area contributed by atoms with Gasteiger partial charge in [-0.05, 0) is 48.0 Å². The van der Waals surface area contributed by atoms with E-state index in [9.17, 15) is 9.18 Å². The van der Waals surface area contributed by atoms with Crippen molar-refractivity contribution in [2.75, 3.05) is 0 Å². The van der Waals surface area contributed by atoms with Gasteiger partial charge in [0.1, 0.15) is 5.82 Å². The number of hydrogen-bond acceptors (Lipinski definition) is 4. The zero-order chi connectivity index (χ0) is 22.5. The number of benzene rings is 3. The first-order chi connectivity index (χ1) is 15.5. The highest BCUT2D eigenvalue weighted by molar-refractivity contribution is 7.98. The Labute approximate surface area is 198 Å². The number of nitrogens with zero attached hydrogens (tertiary/aromatic N) is 3. The molecular weight excluding hydrogens is 470 g/mol. The maximum atomic E-state index is 13.2. The van der Waals surface area contributed by atoms with Crippen LogP contribution in [-0.2, 0) is 12.3 Å². The molecule has 0 aliphatic rings. The molecule has 0 aliphatic heterocycles. The van der Waals surface area contributed by atoms with E-state index >= 15 is 0 Å². The SMILES string of the molecule is O=C(NCc1nnc(SCc2ccc(F)cc2)n1-c1cc(Cl)ccc1Cl)c1ccccc1. The van der Waals surface area contributed by atoms with Gasteiger partial charge < -0.3 is 5.32 Å². The van der Waals surface area contributed by atoms with Crippen LogP contribution >= 0.6 is 35.0 Å². The largest absolute Gasteiger partial charge is 0.345 e. The fourth-order valence-corrected chi connectivity index (χ4v) is 4.27. The fraction of sp³-hybridized carbons (Fsp3) is 0.0870. The molecule has 0 aliphatic carbocycles. The van der Waals surface area contributed by atoms with Crippen LogP contribution in [-0.4, -0.2) is 20.7 Å². The lowest BCUT2D eigenvalue weighted by Crippen LogP contribution is -2.24. The van der Waals surface area contributed by atoms with Crippen LogP contribution in [0.3, 0.4) is 0 Å². The summed E-state index contributed by atoms with van der Waals surface area (Å²) in [5.74, 6) is 0.537. The number of thioether (sulfide) groups is 1. The maximum Gasteiger partial charge on any atom is 0.251 e. The quantitative estimate of drug-likeness (QED) is 0.328. The average Bonchev–Trinajstić information content (AvgIpc) is 3.21. The highest BCUT2D eigenvalue weighted by Gasteiger charge is 2.18. The maximum absolute atomic E-state index is 13.2.